The van der Waals surface area contributed by atoms with Gasteiger partial charge in [-0.25, -0.2) is 0 Å². The number of methoxy groups -OCH3 is 1. The molecule has 0 heterocycles. The van der Waals surface area contributed by atoms with E-state index >= 15 is 0 Å². The summed E-state index contributed by atoms with van der Waals surface area (Å²) < 4.78 is 5.23. The van der Waals surface area contributed by atoms with E-state index in [4.69, 9.17) is 16.3 Å². The molecule has 0 unspecified atom stereocenters. The van der Waals surface area contributed by atoms with Gasteiger partial charge in [-0.2, -0.15) is 0 Å². The Balaban J connectivity index is 2.47. The molecule has 24 heavy (non-hydrogen) atoms. The molecule has 0 aliphatic rings. The largest absolute Gasteiger partial charge is 0.495 e. The summed E-state index contributed by atoms with van der Waals surface area (Å²) in [6.45, 7) is 4.70. The Hall–Kier alpha value is -1.40. The molecule has 1 N–H and O–H groups in total. The average Bonchev–Trinajstić information content (AvgIpc) is 2.55. The number of ether oxygens (including phenoxy) is 1. The molecule has 0 saturated heterocycles. The number of anilines is 1. The fourth-order valence-corrected chi connectivity index (χ4v) is 2.89. The molecular formula is C17H25ClN2O3S. The second-order valence-electron chi connectivity index (χ2n) is 5.51. The maximum absolute atomic E-state index is 12.1. The van der Waals surface area contributed by atoms with Gasteiger partial charge in [0.05, 0.1) is 24.3 Å². The maximum Gasteiger partial charge on any atom is 0.234 e. The van der Waals surface area contributed by atoms with Gasteiger partial charge in [-0.1, -0.05) is 24.9 Å². The third-order valence-corrected chi connectivity index (χ3v) is 4.81. The molecule has 0 saturated carbocycles. The first-order valence-electron chi connectivity index (χ1n) is 7.84. The van der Waals surface area contributed by atoms with Crippen LogP contribution in [0.2, 0.25) is 5.02 Å². The summed E-state index contributed by atoms with van der Waals surface area (Å²) in [5.74, 6) is 0.882. The highest BCUT2D eigenvalue weighted by Gasteiger charge is 2.12. The highest BCUT2D eigenvalue weighted by Crippen LogP contribution is 2.30. The van der Waals surface area contributed by atoms with Gasteiger partial charge in [0.15, 0.2) is 0 Å². The van der Waals surface area contributed by atoms with Crippen molar-refractivity contribution in [3.63, 3.8) is 0 Å². The molecule has 0 aliphatic carbocycles. The predicted octanol–water partition coefficient (Wildman–Crippen LogP) is 3.59. The Morgan fingerprint density at radius 1 is 1.33 bits per heavy atom. The number of carbonyl (C=O) groups excluding carboxylic acids is 2. The number of carbonyl (C=O) groups is 2. The number of nitrogens with zero attached hydrogens (tertiary/aromatic N) is 1. The van der Waals surface area contributed by atoms with E-state index in [0.29, 0.717) is 22.2 Å². The van der Waals surface area contributed by atoms with Crippen LogP contribution < -0.4 is 10.1 Å². The smallest absolute Gasteiger partial charge is 0.234 e. The summed E-state index contributed by atoms with van der Waals surface area (Å²) in [5.41, 5.74) is 1.43. The molecule has 0 aliphatic heterocycles. The van der Waals surface area contributed by atoms with Crippen molar-refractivity contribution >= 4 is 40.9 Å². The van der Waals surface area contributed by atoms with Crippen LogP contribution in [0.5, 0.6) is 5.75 Å². The molecule has 0 bridgehead atoms. The monoisotopic (exact) mass is 372 g/mol. The summed E-state index contributed by atoms with van der Waals surface area (Å²) >= 11 is 7.35. The van der Waals surface area contributed by atoms with Gasteiger partial charge in [0.25, 0.3) is 0 Å². The van der Waals surface area contributed by atoms with Crippen molar-refractivity contribution < 1.29 is 14.3 Å². The zero-order valence-corrected chi connectivity index (χ0v) is 16.2. The number of rotatable bonds is 9. The molecule has 0 radical (unpaired) electrons. The van der Waals surface area contributed by atoms with Crippen molar-refractivity contribution in [1.82, 2.24) is 4.90 Å². The van der Waals surface area contributed by atoms with Crippen LogP contribution in [0.3, 0.4) is 0 Å². The SMILES string of the molecule is CCCCN(C)C(=O)CSCC(=O)Nc1cc(C)c(Cl)cc1OC. The second kappa shape index (κ2) is 10.5. The highest BCUT2D eigenvalue weighted by atomic mass is 35.5. The van der Waals surface area contributed by atoms with Crippen molar-refractivity contribution in [3.8, 4) is 5.75 Å². The minimum absolute atomic E-state index is 0.0427. The van der Waals surface area contributed by atoms with E-state index in [1.165, 1.54) is 18.9 Å². The van der Waals surface area contributed by atoms with Crippen molar-refractivity contribution in [1.29, 1.82) is 0 Å². The van der Waals surface area contributed by atoms with Gasteiger partial charge in [0.2, 0.25) is 11.8 Å². The lowest BCUT2D eigenvalue weighted by Gasteiger charge is -2.16. The quantitative estimate of drug-likeness (QED) is 0.719. The molecule has 2 amide bonds. The summed E-state index contributed by atoms with van der Waals surface area (Å²) in [6.07, 6.45) is 2.04. The molecule has 1 aromatic carbocycles. The standard InChI is InChI=1S/C17H25ClN2O3S/c1-5-6-7-20(3)17(22)11-24-10-16(21)19-14-8-12(2)13(18)9-15(14)23-4/h8-9H,5-7,10-11H2,1-4H3,(H,19,21). The van der Waals surface area contributed by atoms with Gasteiger partial charge in [-0.15, -0.1) is 11.8 Å². The minimum Gasteiger partial charge on any atom is -0.495 e. The zero-order chi connectivity index (χ0) is 18.1. The van der Waals surface area contributed by atoms with E-state index in [0.717, 1.165) is 24.9 Å². The molecule has 0 fully saturated rings. The fraction of sp³-hybridized carbons (Fsp3) is 0.529. The summed E-state index contributed by atoms with van der Waals surface area (Å²) in [7, 11) is 3.32. The molecular weight excluding hydrogens is 348 g/mol. The zero-order valence-electron chi connectivity index (χ0n) is 14.6. The van der Waals surface area contributed by atoms with Gasteiger partial charge >= 0.3 is 0 Å². The molecule has 5 nitrogen and oxygen atoms in total. The summed E-state index contributed by atoms with van der Waals surface area (Å²) in [5, 5.41) is 3.38. The van der Waals surface area contributed by atoms with E-state index < -0.39 is 0 Å². The van der Waals surface area contributed by atoms with E-state index in [2.05, 4.69) is 12.2 Å². The molecule has 0 aromatic heterocycles. The van der Waals surface area contributed by atoms with Crippen LogP contribution in [0.4, 0.5) is 5.69 Å². The van der Waals surface area contributed by atoms with Gasteiger partial charge < -0.3 is 15.0 Å². The number of unbranched alkanes of at least 4 members (excludes halogenated alkanes) is 1. The Morgan fingerprint density at radius 2 is 2.04 bits per heavy atom. The summed E-state index contributed by atoms with van der Waals surface area (Å²) in [4.78, 5) is 25.7. The molecule has 0 spiro atoms. The first-order valence-corrected chi connectivity index (χ1v) is 9.38. The van der Waals surface area contributed by atoms with E-state index in [-0.39, 0.29) is 17.6 Å². The van der Waals surface area contributed by atoms with Crippen molar-refractivity contribution in [2.24, 2.45) is 0 Å². The second-order valence-corrected chi connectivity index (χ2v) is 6.90. The van der Waals surface area contributed by atoms with Crippen molar-refractivity contribution in [2.75, 3.05) is 37.5 Å². The van der Waals surface area contributed by atoms with Gasteiger partial charge in [-0.3, -0.25) is 9.59 Å². The van der Waals surface area contributed by atoms with Gasteiger partial charge in [0.1, 0.15) is 5.75 Å². The lowest BCUT2D eigenvalue weighted by atomic mass is 10.2. The predicted molar refractivity (Wildman–Crippen MR) is 101 cm³/mol. The van der Waals surface area contributed by atoms with Gasteiger partial charge in [0, 0.05) is 24.7 Å². The van der Waals surface area contributed by atoms with Gasteiger partial charge in [-0.05, 0) is 25.0 Å². The number of halogens is 1. The van der Waals surface area contributed by atoms with Crippen LogP contribution in [0.1, 0.15) is 25.3 Å². The molecule has 134 valence electrons. The minimum atomic E-state index is -0.177. The summed E-state index contributed by atoms with van der Waals surface area (Å²) in [6, 6.07) is 3.44. The third kappa shape index (κ3) is 6.61. The number of benzene rings is 1. The normalized spacial score (nSPS) is 10.4. The molecule has 7 heteroatoms. The van der Waals surface area contributed by atoms with Crippen molar-refractivity contribution in [3.05, 3.63) is 22.7 Å². The number of thioether (sulfide) groups is 1. The Bertz CT molecular complexity index is 581. The first-order chi connectivity index (χ1) is 11.4. The Morgan fingerprint density at radius 3 is 2.67 bits per heavy atom. The van der Waals surface area contributed by atoms with Crippen LogP contribution in [0.15, 0.2) is 12.1 Å². The van der Waals surface area contributed by atoms with Crippen LogP contribution >= 0.6 is 23.4 Å². The first kappa shape index (κ1) is 20.6. The molecule has 1 aromatic rings. The van der Waals surface area contributed by atoms with Crippen molar-refractivity contribution in [2.45, 2.75) is 26.7 Å². The highest BCUT2D eigenvalue weighted by molar-refractivity contribution is 8.00. The Labute approximate surface area is 153 Å². The number of hydrogen-bond acceptors (Lipinski definition) is 4. The number of aryl methyl sites for hydroxylation is 1. The number of hydrogen-bond donors (Lipinski definition) is 1. The molecule has 0 atom stereocenters. The average molecular weight is 373 g/mol. The van der Waals surface area contributed by atoms with E-state index in [1.54, 1.807) is 24.1 Å². The third-order valence-electron chi connectivity index (χ3n) is 3.49. The molecule has 1 rings (SSSR count). The number of nitrogens with one attached hydrogen (secondary N) is 1. The van der Waals surface area contributed by atoms with E-state index in [1.807, 2.05) is 6.92 Å². The maximum atomic E-state index is 12.1. The van der Waals surface area contributed by atoms with Crippen LogP contribution in [0.25, 0.3) is 0 Å². The lowest BCUT2D eigenvalue weighted by Crippen LogP contribution is -2.29. The van der Waals surface area contributed by atoms with Crippen LogP contribution in [0, 0.1) is 6.92 Å². The lowest BCUT2D eigenvalue weighted by molar-refractivity contribution is -0.127. The van der Waals surface area contributed by atoms with Crippen LogP contribution in [-0.2, 0) is 9.59 Å². The van der Waals surface area contributed by atoms with E-state index in [9.17, 15) is 9.59 Å². The number of amides is 2. The fourth-order valence-electron chi connectivity index (χ4n) is 1.98. The Kier molecular flexibility index (Phi) is 9.00. The van der Waals surface area contributed by atoms with Crippen LogP contribution in [-0.4, -0.2) is 48.9 Å². The topological polar surface area (TPSA) is 58.6 Å².